The monoisotopic (exact) mass is 382 g/mol. The molecule has 0 aromatic heterocycles. The molecule has 0 bridgehead atoms. The number of carbonyl (C=O) groups is 1. The molecule has 25 heavy (non-hydrogen) atoms. The average molecular weight is 383 g/mol. The molecule has 1 N–H and O–H groups in total. The Balaban J connectivity index is 2.18. The molecule has 1 amide bonds. The van der Waals surface area contributed by atoms with Crippen LogP contribution in [-0.4, -0.2) is 12.5 Å². The van der Waals surface area contributed by atoms with Crippen LogP contribution in [0.25, 0.3) is 6.08 Å². The molecule has 0 fully saturated rings. The molecule has 0 aliphatic rings. The van der Waals surface area contributed by atoms with E-state index in [-0.39, 0.29) is 27.1 Å². The highest BCUT2D eigenvalue weighted by Crippen LogP contribution is 2.29. The van der Waals surface area contributed by atoms with Crippen LogP contribution in [-0.2, 0) is 4.79 Å². The number of hydrogen-bond donors (Lipinski definition) is 1. The number of carbonyl (C=O) groups excluding carboxylic acids is 1. The molecule has 0 saturated heterocycles. The van der Waals surface area contributed by atoms with Gasteiger partial charge in [0.05, 0.1) is 15.7 Å². The molecule has 0 spiro atoms. The standard InChI is InChI=1S/C17H10Cl2F2N2O2/c18-13-2-1-3-14(15(13)19)23-16(24)11(9-22)8-10-4-6-12(7-5-10)25-17(20)21/h1-8,17H,(H,23,24)/b11-8+. The summed E-state index contributed by atoms with van der Waals surface area (Å²) in [5.74, 6) is -0.708. The van der Waals surface area contributed by atoms with E-state index in [2.05, 4.69) is 10.1 Å². The number of ether oxygens (including phenoxy) is 1. The summed E-state index contributed by atoms with van der Waals surface area (Å²) in [5, 5.41) is 12.1. The van der Waals surface area contributed by atoms with Crippen LogP contribution in [0.2, 0.25) is 10.0 Å². The van der Waals surface area contributed by atoms with E-state index in [1.165, 1.54) is 36.4 Å². The van der Waals surface area contributed by atoms with Crippen molar-refractivity contribution in [2.45, 2.75) is 6.61 Å². The largest absolute Gasteiger partial charge is 0.435 e. The van der Waals surface area contributed by atoms with E-state index in [0.717, 1.165) is 0 Å². The second-order valence-electron chi connectivity index (χ2n) is 4.67. The first-order valence-electron chi connectivity index (χ1n) is 6.82. The van der Waals surface area contributed by atoms with Crippen LogP contribution >= 0.6 is 23.2 Å². The van der Waals surface area contributed by atoms with E-state index in [1.54, 1.807) is 18.2 Å². The number of nitrogens with zero attached hydrogens (tertiary/aromatic N) is 1. The van der Waals surface area contributed by atoms with Gasteiger partial charge in [0.2, 0.25) is 0 Å². The fraction of sp³-hybridized carbons (Fsp3) is 0.0588. The molecule has 0 heterocycles. The van der Waals surface area contributed by atoms with Crippen molar-refractivity contribution in [1.82, 2.24) is 0 Å². The third kappa shape index (κ3) is 5.18. The molecular formula is C17H10Cl2F2N2O2. The Morgan fingerprint density at radius 3 is 2.48 bits per heavy atom. The number of amides is 1. The second kappa shape index (κ2) is 8.47. The average Bonchev–Trinajstić information content (AvgIpc) is 2.57. The van der Waals surface area contributed by atoms with Crippen molar-refractivity contribution in [3.63, 3.8) is 0 Å². The third-order valence-electron chi connectivity index (χ3n) is 2.98. The van der Waals surface area contributed by atoms with Crippen LogP contribution < -0.4 is 10.1 Å². The number of anilines is 1. The van der Waals surface area contributed by atoms with Crippen LogP contribution in [0.1, 0.15) is 5.56 Å². The summed E-state index contributed by atoms with van der Waals surface area (Å²) in [6, 6.07) is 12.0. The number of alkyl halides is 2. The van der Waals surface area contributed by atoms with Crippen LogP contribution in [0.3, 0.4) is 0 Å². The van der Waals surface area contributed by atoms with Gasteiger partial charge in [-0.15, -0.1) is 0 Å². The van der Waals surface area contributed by atoms with Crippen molar-refractivity contribution in [2.24, 2.45) is 0 Å². The van der Waals surface area contributed by atoms with E-state index in [9.17, 15) is 18.8 Å². The number of hydrogen-bond acceptors (Lipinski definition) is 3. The van der Waals surface area contributed by atoms with Crippen LogP contribution in [0.4, 0.5) is 14.5 Å². The minimum absolute atomic E-state index is 0.0270. The van der Waals surface area contributed by atoms with Crippen molar-refractivity contribution in [1.29, 1.82) is 5.26 Å². The molecule has 0 aliphatic heterocycles. The number of nitriles is 1. The van der Waals surface area contributed by atoms with Crippen molar-refractivity contribution in [3.05, 3.63) is 63.6 Å². The molecule has 4 nitrogen and oxygen atoms in total. The van der Waals surface area contributed by atoms with Gasteiger partial charge in [0.15, 0.2) is 0 Å². The zero-order valence-corrected chi connectivity index (χ0v) is 14.0. The molecule has 2 rings (SSSR count). The van der Waals surface area contributed by atoms with Gasteiger partial charge in [-0.1, -0.05) is 41.4 Å². The highest BCUT2D eigenvalue weighted by Gasteiger charge is 2.13. The Hall–Kier alpha value is -2.62. The lowest BCUT2D eigenvalue weighted by atomic mass is 10.1. The number of nitrogens with one attached hydrogen (secondary N) is 1. The Kier molecular flexibility index (Phi) is 6.34. The summed E-state index contributed by atoms with van der Waals surface area (Å²) in [6.07, 6.45) is 1.31. The van der Waals surface area contributed by atoms with E-state index >= 15 is 0 Å². The SMILES string of the molecule is N#C/C(=C\c1ccc(OC(F)F)cc1)C(=O)Nc1cccc(Cl)c1Cl. The summed E-state index contributed by atoms with van der Waals surface area (Å²) < 4.78 is 28.4. The number of rotatable bonds is 5. The first kappa shape index (κ1) is 18.7. The van der Waals surface area contributed by atoms with Gasteiger partial charge >= 0.3 is 6.61 Å². The molecule has 128 valence electrons. The van der Waals surface area contributed by atoms with Crippen molar-refractivity contribution < 1.29 is 18.3 Å². The lowest BCUT2D eigenvalue weighted by Gasteiger charge is -2.07. The van der Waals surface area contributed by atoms with Gasteiger partial charge in [-0.2, -0.15) is 14.0 Å². The molecular weight excluding hydrogens is 373 g/mol. The first-order valence-corrected chi connectivity index (χ1v) is 7.58. The zero-order chi connectivity index (χ0) is 18.4. The van der Waals surface area contributed by atoms with E-state index in [1.807, 2.05) is 0 Å². The lowest BCUT2D eigenvalue weighted by molar-refractivity contribution is -0.112. The Bertz CT molecular complexity index is 847. The van der Waals surface area contributed by atoms with Gasteiger partial charge in [0.1, 0.15) is 17.4 Å². The maximum absolute atomic E-state index is 12.2. The van der Waals surface area contributed by atoms with Gasteiger partial charge in [-0.3, -0.25) is 4.79 Å². The Morgan fingerprint density at radius 1 is 1.20 bits per heavy atom. The molecule has 0 atom stereocenters. The Morgan fingerprint density at radius 2 is 1.88 bits per heavy atom. The molecule has 0 radical (unpaired) electrons. The fourth-order valence-corrected chi connectivity index (χ4v) is 2.20. The van der Waals surface area contributed by atoms with Crippen LogP contribution in [0.15, 0.2) is 48.0 Å². The normalized spacial score (nSPS) is 11.1. The van der Waals surface area contributed by atoms with Gasteiger partial charge < -0.3 is 10.1 Å². The second-order valence-corrected chi connectivity index (χ2v) is 5.46. The maximum Gasteiger partial charge on any atom is 0.387 e. The summed E-state index contributed by atoms with van der Waals surface area (Å²) in [4.78, 5) is 12.2. The van der Waals surface area contributed by atoms with Crippen LogP contribution in [0.5, 0.6) is 5.75 Å². The number of benzene rings is 2. The van der Waals surface area contributed by atoms with E-state index in [0.29, 0.717) is 5.56 Å². The van der Waals surface area contributed by atoms with Crippen molar-refractivity contribution in [3.8, 4) is 11.8 Å². The van der Waals surface area contributed by atoms with Gasteiger partial charge in [0.25, 0.3) is 5.91 Å². The van der Waals surface area contributed by atoms with E-state index in [4.69, 9.17) is 23.2 Å². The molecule has 0 saturated carbocycles. The van der Waals surface area contributed by atoms with Gasteiger partial charge in [0, 0.05) is 0 Å². The van der Waals surface area contributed by atoms with Gasteiger partial charge in [-0.05, 0) is 35.9 Å². The summed E-state index contributed by atoms with van der Waals surface area (Å²) in [5.41, 5.74) is 0.532. The molecule has 2 aromatic rings. The summed E-state index contributed by atoms with van der Waals surface area (Å²) in [7, 11) is 0. The molecule has 0 aliphatic carbocycles. The minimum atomic E-state index is -2.93. The predicted molar refractivity (Wildman–Crippen MR) is 91.8 cm³/mol. The number of halogens is 4. The molecule has 8 heteroatoms. The lowest BCUT2D eigenvalue weighted by Crippen LogP contribution is -2.13. The highest BCUT2D eigenvalue weighted by molar-refractivity contribution is 6.44. The Labute approximate surface area is 152 Å². The smallest absolute Gasteiger partial charge is 0.387 e. The topological polar surface area (TPSA) is 62.1 Å². The first-order chi connectivity index (χ1) is 11.9. The minimum Gasteiger partial charge on any atom is -0.435 e. The highest BCUT2D eigenvalue weighted by atomic mass is 35.5. The van der Waals surface area contributed by atoms with Gasteiger partial charge in [-0.25, -0.2) is 0 Å². The van der Waals surface area contributed by atoms with E-state index < -0.39 is 12.5 Å². The third-order valence-corrected chi connectivity index (χ3v) is 3.80. The van der Waals surface area contributed by atoms with Crippen LogP contribution in [0, 0.1) is 11.3 Å². The van der Waals surface area contributed by atoms with Crippen molar-refractivity contribution >= 4 is 40.9 Å². The maximum atomic E-state index is 12.2. The zero-order valence-electron chi connectivity index (χ0n) is 12.5. The molecule has 0 unspecified atom stereocenters. The molecule has 2 aromatic carbocycles. The summed E-state index contributed by atoms with van der Waals surface area (Å²) in [6.45, 7) is -2.93. The van der Waals surface area contributed by atoms with Crippen molar-refractivity contribution in [2.75, 3.05) is 5.32 Å². The fourth-order valence-electron chi connectivity index (χ4n) is 1.85. The predicted octanol–water partition coefficient (Wildman–Crippen LogP) is 5.14. The summed E-state index contributed by atoms with van der Waals surface area (Å²) >= 11 is 11.8. The quantitative estimate of drug-likeness (QED) is 0.575.